The molecule has 0 aliphatic heterocycles. The third-order valence-corrected chi connectivity index (χ3v) is 0.688. The molecule has 0 aromatic heterocycles. The molecule has 0 atom stereocenters. The highest BCUT2D eigenvalue weighted by atomic mass is 16.4. The number of carbonyl (C=O) groups excluding carboxylic acids is 1. The molecule has 2 N–H and O–H groups in total. The van der Waals surface area contributed by atoms with E-state index in [1.54, 1.807) is 6.92 Å². The number of carboxylic acids is 1. The lowest BCUT2D eigenvalue weighted by Gasteiger charge is -1.85. The molecule has 0 aliphatic rings. The predicted molar refractivity (Wildman–Crippen MR) is 38.4 cm³/mol. The Hall–Kier alpha value is -1.76. The fourth-order valence-corrected chi connectivity index (χ4v) is 0.313. The van der Waals surface area contributed by atoms with E-state index in [0.717, 1.165) is 12.2 Å². The van der Waals surface area contributed by atoms with Crippen molar-refractivity contribution in [3.63, 3.8) is 0 Å². The van der Waals surface area contributed by atoms with Gasteiger partial charge in [0.2, 0.25) is 0 Å². The monoisotopic (exact) mass is 153 g/mol. The van der Waals surface area contributed by atoms with Crippen LogP contribution in [-0.2, 0) is 9.59 Å². The summed E-state index contributed by atoms with van der Waals surface area (Å²) in [5.74, 6) is 0.721. The fourth-order valence-electron chi connectivity index (χ4n) is 0.313. The standard InChI is InChI=1S/C7H7NO3/c1-2-5-8-6(9)3-4-7(10)11/h3-4H,1H3,(H,8,9)(H,10,11)/b4-3-. The molecular formula is C7H7NO3. The average Bonchev–Trinajstić information content (AvgIpc) is 1.97. The number of amides is 1. The summed E-state index contributed by atoms with van der Waals surface area (Å²) < 4.78 is 0. The highest BCUT2D eigenvalue weighted by Crippen LogP contribution is 1.72. The van der Waals surface area contributed by atoms with Crippen molar-refractivity contribution in [3.05, 3.63) is 12.2 Å². The Morgan fingerprint density at radius 2 is 2.09 bits per heavy atom. The Balaban J connectivity index is 3.84. The van der Waals surface area contributed by atoms with Crippen molar-refractivity contribution in [2.75, 3.05) is 0 Å². The third-order valence-electron chi connectivity index (χ3n) is 0.688. The first-order valence-corrected chi connectivity index (χ1v) is 2.79. The number of hydrogen-bond acceptors (Lipinski definition) is 2. The van der Waals surface area contributed by atoms with Gasteiger partial charge in [0, 0.05) is 18.2 Å². The zero-order chi connectivity index (χ0) is 8.69. The molecule has 0 unspecified atom stereocenters. The second-order valence-corrected chi connectivity index (χ2v) is 1.54. The van der Waals surface area contributed by atoms with Gasteiger partial charge in [0.15, 0.2) is 0 Å². The van der Waals surface area contributed by atoms with Crippen LogP contribution in [-0.4, -0.2) is 17.0 Å². The van der Waals surface area contributed by atoms with Crippen LogP contribution < -0.4 is 5.32 Å². The largest absolute Gasteiger partial charge is 0.478 e. The van der Waals surface area contributed by atoms with E-state index in [2.05, 4.69) is 17.3 Å². The van der Waals surface area contributed by atoms with Crippen LogP contribution in [0.1, 0.15) is 6.92 Å². The van der Waals surface area contributed by atoms with Crippen LogP contribution in [0, 0.1) is 12.0 Å². The number of nitrogens with one attached hydrogen (secondary N) is 1. The van der Waals surface area contributed by atoms with Crippen molar-refractivity contribution in [1.29, 1.82) is 0 Å². The van der Waals surface area contributed by atoms with Gasteiger partial charge in [0.05, 0.1) is 0 Å². The summed E-state index contributed by atoms with van der Waals surface area (Å²) >= 11 is 0. The van der Waals surface area contributed by atoms with E-state index >= 15 is 0 Å². The summed E-state index contributed by atoms with van der Waals surface area (Å²) in [6.07, 6.45) is 1.64. The number of hydrogen-bond donors (Lipinski definition) is 2. The van der Waals surface area contributed by atoms with Crippen LogP contribution in [0.2, 0.25) is 0 Å². The van der Waals surface area contributed by atoms with Crippen LogP contribution in [0.15, 0.2) is 12.2 Å². The SMILES string of the molecule is CC#CNC(=O)/C=C\C(=O)O. The molecule has 0 rings (SSSR count). The molecule has 1 amide bonds. The van der Waals surface area contributed by atoms with Crippen LogP contribution >= 0.6 is 0 Å². The normalized spacial score (nSPS) is 8.45. The van der Waals surface area contributed by atoms with E-state index in [4.69, 9.17) is 5.11 Å². The van der Waals surface area contributed by atoms with Gasteiger partial charge in [-0.15, -0.1) is 0 Å². The van der Waals surface area contributed by atoms with Gasteiger partial charge >= 0.3 is 5.97 Å². The van der Waals surface area contributed by atoms with Crippen molar-refractivity contribution in [2.45, 2.75) is 6.92 Å². The third kappa shape index (κ3) is 6.12. The van der Waals surface area contributed by atoms with E-state index < -0.39 is 11.9 Å². The summed E-state index contributed by atoms with van der Waals surface area (Å²) in [5, 5.41) is 10.2. The van der Waals surface area contributed by atoms with Crippen molar-refractivity contribution < 1.29 is 14.7 Å². The lowest BCUT2D eigenvalue weighted by Crippen LogP contribution is -2.14. The van der Waals surface area contributed by atoms with Gasteiger partial charge in [-0.2, -0.15) is 0 Å². The molecule has 0 fully saturated rings. The quantitative estimate of drug-likeness (QED) is 0.326. The van der Waals surface area contributed by atoms with Gasteiger partial charge in [-0.25, -0.2) is 4.79 Å². The number of rotatable bonds is 2. The van der Waals surface area contributed by atoms with Crippen LogP contribution in [0.5, 0.6) is 0 Å². The maximum absolute atomic E-state index is 10.5. The molecule has 4 heteroatoms. The number of aliphatic carboxylic acids is 1. The molecule has 58 valence electrons. The molecule has 0 aromatic rings. The second kappa shape index (κ2) is 5.06. The summed E-state index contributed by atoms with van der Waals surface area (Å²) in [6, 6.07) is 2.28. The van der Waals surface area contributed by atoms with E-state index in [0.29, 0.717) is 0 Å². The first kappa shape index (κ1) is 9.24. The Morgan fingerprint density at radius 3 is 2.55 bits per heavy atom. The zero-order valence-electron chi connectivity index (χ0n) is 5.92. The number of carboxylic acid groups (broad SMARTS) is 1. The van der Waals surface area contributed by atoms with Crippen LogP contribution in [0.25, 0.3) is 0 Å². The Labute approximate surface area is 63.9 Å². The van der Waals surface area contributed by atoms with Crippen molar-refractivity contribution in [1.82, 2.24) is 5.32 Å². The Morgan fingerprint density at radius 1 is 1.45 bits per heavy atom. The van der Waals surface area contributed by atoms with Crippen LogP contribution in [0.3, 0.4) is 0 Å². The minimum Gasteiger partial charge on any atom is -0.478 e. The molecule has 0 spiro atoms. The first-order valence-electron chi connectivity index (χ1n) is 2.79. The topological polar surface area (TPSA) is 66.4 Å². The number of carbonyl (C=O) groups is 2. The maximum Gasteiger partial charge on any atom is 0.328 e. The van der Waals surface area contributed by atoms with Crippen molar-refractivity contribution in [3.8, 4) is 12.0 Å². The molecule has 0 radical (unpaired) electrons. The molecule has 0 saturated heterocycles. The smallest absolute Gasteiger partial charge is 0.328 e. The van der Waals surface area contributed by atoms with Crippen molar-refractivity contribution in [2.24, 2.45) is 0 Å². The Kier molecular flexibility index (Phi) is 4.25. The van der Waals surface area contributed by atoms with E-state index in [-0.39, 0.29) is 0 Å². The van der Waals surface area contributed by atoms with Gasteiger partial charge in [0.1, 0.15) is 0 Å². The summed E-state index contributed by atoms with van der Waals surface area (Å²) in [4.78, 5) is 20.4. The first-order chi connectivity index (χ1) is 5.16. The van der Waals surface area contributed by atoms with Gasteiger partial charge in [0.25, 0.3) is 5.91 Å². The van der Waals surface area contributed by atoms with Gasteiger partial charge < -0.3 is 5.11 Å². The fraction of sp³-hybridized carbons (Fsp3) is 0.143. The highest BCUT2D eigenvalue weighted by Gasteiger charge is 1.91. The minimum atomic E-state index is -1.16. The summed E-state index contributed by atoms with van der Waals surface area (Å²) in [7, 11) is 0. The lowest BCUT2D eigenvalue weighted by atomic mass is 10.5. The zero-order valence-corrected chi connectivity index (χ0v) is 5.92. The van der Waals surface area contributed by atoms with Gasteiger partial charge in [-0.1, -0.05) is 5.92 Å². The van der Waals surface area contributed by atoms with Gasteiger partial charge in [-0.3, -0.25) is 10.1 Å². The Bertz CT molecular complexity index is 244. The highest BCUT2D eigenvalue weighted by molar-refractivity contribution is 5.94. The maximum atomic E-state index is 10.5. The molecule has 0 saturated carbocycles. The lowest BCUT2D eigenvalue weighted by molar-refractivity contribution is -0.131. The average molecular weight is 153 g/mol. The molecule has 0 heterocycles. The van der Waals surface area contributed by atoms with E-state index in [1.807, 2.05) is 0 Å². The second-order valence-electron chi connectivity index (χ2n) is 1.54. The van der Waals surface area contributed by atoms with E-state index in [9.17, 15) is 9.59 Å². The molecule has 0 aliphatic carbocycles. The minimum absolute atomic E-state index is 0.540. The molecule has 11 heavy (non-hydrogen) atoms. The summed E-state index contributed by atoms with van der Waals surface area (Å²) in [5.41, 5.74) is 0. The van der Waals surface area contributed by atoms with Crippen LogP contribution in [0.4, 0.5) is 0 Å². The van der Waals surface area contributed by atoms with Gasteiger partial charge in [-0.05, 0) is 6.92 Å². The molecule has 4 nitrogen and oxygen atoms in total. The molecule has 0 bridgehead atoms. The van der Waals surface area contributed by atoms with Crippen molar-refractivity contribution >= 4 is 11.9 Å². The molecular weight excluding hydrogens is 146 g/mol. The molecule has 0 aromatic carbocycles. The predicted octanol–water partition coefficient (Wildman–Crippen LogP) is -0.276. The summed E-state index contributed by atoms with van der Waals surface area (Å²) in [6.45, 7) is 1.56. The van der Waals surface area contributed by atoms with E-state index in [1.165, 1.54) is 0 Å².